The predicted molar refractivity (Wildman–Crippen MR) is 94.3 cm³/mol. The highest BCUT2D eigenvalue weighted by molar-refractivity contribution is 6.13. The molecule has 0 heterocycles. The first-order valence-electron chi connectivity index (χ1n) is 8.92. The molecule has 3 rings (SSSR count). The second-order valence-electron chi connectivity index (χ2n) is 6.47. The average molecular weight is 303 g/mol. The molecule has 2 saturated carbocycles. The Hall–Kier alpha value is -0.995. The van der Waals surface area contributed by atoms with E-state index in [-0.39, 0.29) is 0 Å². The Bertz CT molecular complexity index is 371. The molecule has 0 bridgehead atoms. The van der Waals surface area contributed by atoms with Crippen molar-refractivity contribution in [2.75, 3.05) is 4.90 Å². The van der Waals surface area contributed by atoms with Crippen LogP contribution in [0.2, 0.25) is 0 Å². The largest absolute Gasteiger partial charge is 0.432 e. The van der Waals surface area contributed by atoms with Crippen LogP contribution in [0.25, 0.3) is 0 Å². The minimum absolute atomic E-state index is 0.750. The number of anilines is 1. The highest BCUT2D eigenvalue weighted by Crippen LogP contribution is 2.33. The van der Waals surface area contributed by atoms with Gasteiger partial charge in [-0.3, -0.25) is 0 Å². The Morgan fingerprint density at radius 3 is 1.55 bits per heavy atom. The average Bonchev–Trinajstić information content (AvgIpc) is 2.59. The van der Waals surface area contributed by atoms with Crippen molar-refractivity contribution < 1.29 is 10.0 Å². The monoisotopic (exact) mass is 303 g/mol. The van der Waals surface area contributed by atoms with Gasteiger partial charge in [0.25, 0.3) is 0 Å². The molecule has 0 aromatic heterocycles. The van der Waals surface area contributed by atoms with Gasteiger partial charge >= 0.3 is 7.69 Å². The summed E-state index contributed by atoms with van der Waals surface area (Å²) in [6.45, 7) is 0. The SMILES string of the molecule is OBO.c1ccc(N(C2CCCCC2)C2CCCCC2)cc1. The van der Waals surface area contributed by atoms with Gasteiger partial charge in [-0.2, -0.15) is 0 Å². The number of benzene rings is 1. The Balaban J connectivity index is 0.000000545. The molecule has 0 unspecified atom stereocenters. The van der Waals surface area contributed by atoms with E-state index in [1.807, 2.05) is 0 Å². The zero-order chi connectivity index (χ0) is 15.6. The van der Waals surface area contributed by atoms with Crippen molar-refractivity contribution in [3.05, 3.63) is 30.3 Å². The van der Waals surface area contributed by atoms with E-state index < -0.39 is 7.69 Å². The molecule has 122 valence electrons. The summed E-state index contributed by atoms with van der Waals surface area (Å²) in [6.07, 6.45) is 14.3. The summed E-state index contributed by atoms with van der Waals surface area (Å²) >= 11 is 0. The molecule has 2 N–H and O–H groups in total. The van der Waals surface area contributed by atoms with Crippen LogP contribution >= 0.6 is 0 Å². The standard InChI is InChI=1S/C18H27N.BH3O2/c1-4-10-16(11-5-1)19(17-12-6-2-7-13-17)18-14-8-3-9-15-18;2-1-3/h1,4-5,10-11,17-18H,2-3,6-9,12-15H2;1-3H. The Kier molecular flexibility index (Phi) is 7.82. The molecule has 2 aliphatic carbocycles. The summed E-state index contributed by atoms with van der Waals surface area (Å²) in [6, 6.07) is 12.8. The van der Waals surface area contributed by atoms with E-state index in [1.165, 1.54) is 69.9 Å². The van der Waals surface area contributed by atoms with Crippen LogP contribution in [0.3, 0.4) is 0 Å². The molecule has 0 saturated heterocycles. The topological polar surface area (TPSA) is 43.7 Å². The first kappa shape index (κ1) is 17.4. The molecule has 3 nitrogen and oxygen atoms in total. The lowest BCUT2D eigenvalue weighted by Crippen LogP contribution is -2.45. The minimum Gasteiger partial charge on any atom is -0.430 e. The Morgan fingerprint density at radius 2 is 1.14 bits per heavy atom. The number of para-hydroxylation sites is 1. The van der Waals surface area contributed by atoms with Gasteiger partial charge in [0.15, 0.2) is 0 Å². The quantitative estimate of drug-likeness (QED) is 0.841. The highest BCUT2D eigenvalue weighted by Gasteiger charge is 2.28. The van der Waals surface area contributed by atoms with Crippen molar-refractivity contribution in [1.29, 1.82) is 0 Å². The van der Waals surface area contributed by atoms with E-state index >= 15 is 0 Å². The summed E-state index contributed by atoms with van der Waals surface area (Å²) in [7, 11) is -0.750. The van der Waals surface area contributed by atoms with Crippen molar-refractivity contribution >= 4 is 13.4 Å². The van der Waals surface area contributed by atoms with Crippen LogP contribution in [0, 0.1) is 0 Å². The third-order valence-electron chi connectivity index (χ3n) is 4.99. The second-order valence-corrected chi connectivity index (χ2v) is 6.47. The molecule has 4 heteroatoms. The summed E-state index contributed by atoms with van der Waals surface area (Å²) in [5.74, 6) is 0. The zero-order valence-corrected chi connectivity index (χ0v) is 13.7. The van der Waals surface area contributed by atoms with Crippen LogP contribution in [0.4, 0.5) is 5.69 Å². The molecule has 2 fully saturated rings. The van der Waals surface area contributed by atoms with Gasteiger partial charge in [0, 0.05) is 17.8 Å². The first-order chi connectivity index (χ1) is 10.9. The van der Waals surface area contributed by atoms with Gasteiger partial charge in [-0.15, -0.1) is 0 Å². The van der Waals surface area contributed by atoms with Gasteiger partial charge in [-0.1, -0.05) is 56.7 Å². The fraction of sp³-hybridized carbons (Fsp3) is 0.667. The number of hydrogen-bond acceptors (Lipinski definition) is 3. The third-order valence-corrected chi connectivity index (χ3v) is 4.99. The summed E-state index contributed by atoms with van der Waals surface area (Å²) in [4.78, 5) is 2.80. The van der Waals surface area contributed by atoms with Crippen LogP contribution in [0.15, 0.2) is 30.3 Å². The molecule has 1 aromatic rings. The maximum Gasteiger partial charge on any atom is 0.432 e. The maximum atomic E-state index is 7.12. The van der Waals surface area contributed by atoms with E-state index in [4.69, 9.17) is 10.0 Å². The smallest absolute Gasteiger partial charge is 0.430 e. The van der Waals surface area contributed by atoms with Crippen molar-refractivity contribution in [2.45, 2.75) is 76.3 Å². The summed E-state index contributed by atoms with van der Waals surface area (Å²) in [5, 5.41) is 14.2. The molecule has 0 spiro atoms. The Morgan fingerprint density at radius 1 is 0.727 bits per heavy atom. The fourth-order valence-corrected chi connectivity index (χ4v) is 4.04. The molecule has 0 atom stereocenters. The highest BCUT2D eigenvalue weighted by atomic mass is 16.4. The van der Waals surface area contributed by atoms with Gasteiger partial charge in [0.05, 0.1) is 0 Å². The normalized spacial score (nSPS) is 19.9. The molecular weight excluding hydrogens is 273 g/mol. The maximum absolute atomic E-state index is 7.12. The van der Waals surface area contributed by atoms with Crippen molar-refractivity contribution in [3.63, 3.8) is 0 Å². The molecule has 1 aromatic carbocycles. The van der Waals surface area contributed by atoms with Gasteiger partial charge < -0.3 is 14.9 Å². The van der Waals surface area contributed by atoms with Gasteiger partial charge in [-0.25, -0.2) is 0 Å². The van der Waals surface area contributed by atoms with E-state index in [2.05, 4.69) is 35.2 Å². The molecule has 0 radical (unpaired) electrons. The van der Waals surface area contributed by atoms with Crippen LogP contribution in [-0.2, 0) is 0 Å². The summed E-state index contributed by atoms with van der Waals surface area (Å²) in [5.41, 5.74) is 1.47. The Labute approximate surface area is 135 Å². The van der Waals surface area contributed by atoms with Crippen molar-refractivity contribution in [2.24, 2.45) is 0 Å². The second kappa shape index (κ2) is 9.91. The lowest BCUT2D eigenvalue weighted by molar-refractivity contribution is 0.340. The molecule has 22 heavy (non-hydrogen) atoms. The lowest BCUT2D eigenvalue weighted by atomic mass is 9.88. The van der Waals surface area contributed by atoms with Crippen LogP contribution < -0.4 is 4.90 Å². The van der Waals surface area contributed by atoms with E-state index in [0.29, 0.717) is 0 Å². The minimum atomic E-state index is -0.750. The number of nitrogens with zero attached hydrogens (tertiary/aromatic N) is 1. The predicted octanol–water partition coefficient (Wildman–Crippen LogP) is 3.40. The van der Waals surface area contributed by atoms with Crippen molar-refractivity contribution in [1.82, 2.24) is 0 Å². The first-order valence-corrected chi connectivity index (χ1v) is 8.92. The third kappa shape index (κ3) is 5.03. The molecular formula is C18H30BNO2. The fourth-order valence-electron chi connectivity index (χ4n) is 4.04. The van der Waals surface area contributed by atoms with E-state index in [0.717, 1.165) is 12.1 Å². The van der Waals surface area contributed by atoms with Gasteiger partial charge in [0.2, 0.25) is 0 Å². The van der Waals surface area contributed by atoms with E-state index in [1.54, 1.807) is 0 Å². The van der Waals surface area contributed by atoms with Gasteiger partial charge in [-0.05, 0) is 37.8 Å². The van der Waals surface area contributed by atoms with Crippen molar-refractivity contribution in [3.8, 4) is 0 Å². The lowest BCUT2D eigenvalue weighted by Gasteiger charge is -2.43. The summed E-state index contributed by atoms with van der Waals surface area (Å²) < 4.78 is 0. The number of rotatable bonds is 3. The molecule has 2 aliphatic rings. The number of hydrogen-bond donors (Lipinski definition) is 2. The zero-order valence-electron chi connectivity index (χ0n) is 13.7. The van der Waals surface area contributed by atoms with E-state index in [9.17, 15) is 0 Å². The van der Waals surface area contributed by atoms with Gasteiger partial charge in [0.1, 0.15) is 0 Å². The van der Waals surface area contributed by atoms with Crippen LogP contribution in [0.5, 0.6) is 0 Å². The van der Waals surface area contributed by atoms with Crippen LogP contribution in [0.1, 0.15) is 64.2 Å². The molecule has 0 amide bonds. The van der Waals surface area contributed by atoms with Crippen LogP contribution in [-0.4, -0.2) is 29.8 Å². The molecule has 0 aliphatic heterocycles.